The van der Waals surface area contributed by atoms with E-state index in [0.29, 0.717) is 0 Å². The normalized spacial score (nSPS) is 14.7. The van der Waals surface area contributed by atoms with Crippen molar-refractivity contribution in [2.75, 3.05) is 0 Å². The first kappa shape index (κ1) is 15.1. The molecule has 102 valence electrons. The summed E-state index contributed by atoms with van der Waals surface area (Å²) < 4.78 is 57.7. The molecule has 0 spiro atoms. The lowest BCUT2D eigenvalue weighted by Gasteiger charge is -2.16. The zero-order chi connectivity index (χ0) is 14.0. The Bertz CT molecular complexity index is 589. The molecule has 0 bridgehead atoms. The maximum Gasteiger partial charge on any atom is 0.291 e. The van der Waals surface area contributed by atoms with Crippen LogP contribution < -0.4 is 0 Å². The molecular weight excluding hydrogens is 280 g/mol. The molecule has 0 radical (unpaired) electrons. The lowest BCUT2D eigenvalue weighted by Crippen LogP contribution is -2.26. The fourth-order valence-corrected chi connectivity index (χ4v) is 4.37. The minimum absolute atomic E-state index is 0.0688. The summed E-state index contributed by atoms with van der Waals surface area (Å²) >= 11 is 0. The average Bonchev–Trinajstić information content (AvgIpc) is 2.13. The zero-order valence-electron chi connectivity index (χ0n) is 9.85. The van der Waals surface area contributed by atoms with Crippen molar-refractivity contribution in [3.63, 3.8) is 0 Å². The van der Waals surface area contributed by atoms with Gasteiger partial charge in [-0.25, -0.2) is 0 Å². The molecule has 1 unspecified atom stereocenters. The second kappa shape index (κ2) is 5.35. The Balaban J connectivity index is 3.34. The molecule has 1 aromatic rings. The molecule has 0 aliphatic rings. The first-order valence-electron chi connectivity index (χ1n) is 5.08. The summed E-state index contributed by atoms with van der Waals surface area (Å²) in [4.78, 5) is 0. The van der Waals surface area contributed by atoms with E-state index in [1.54, 1.807) is 6.07 Å². The highest BCUT2D eigenvalue weighted by Crippen LogP contribution is 2.29. The minimum atomic E-state index is -4.83. The van der Waals surface area contributed by atoms with E-state index in [1.807, 2.05) is 0 Å². The van der Waals surface area contributed by atoms with Gasteiger partial charge in [-0.15, -0.1) is 0 Å². The predicted octanol–water partition coefficient (Wildman–Crippen LogP) is 1.33. The van der Waals surface area contributed by atoms with E-state index in [1.165, 1.54) is 38.1 Å². The van der Waals surface area contributed by atoms with Crippen molar-refractivity contribution in [1.29, 1.82) is 0 Å². The first-order valence-corrected chi connectivity index (χ1v) is 8.05. The van der Waals surface area contributed by atoms with Crippen LogP contribution in [0.5, 0.6) is 0 Å². The molecule has 6 nitrogen and oxygen atoms in total. The van der Waals surface area contributed by atoms with E-state index in [9.17, 15) is 16.8 Å². The molecule has 0 heterocycles. The highest BCUT2D eigenvalue weighted by molar-refractivity contribution is 8.03. The third-order valence-electron chi connectivity index (χ3n) is 1.93. The first-order chi connectivity index (χ1) is 8.14. The molecule has 1 rings (SSSR count). The van der Waals surface area contributed by atoms with Crippen LogP contribution in [0.1, 0.15) is 24.0 Å². The Kier molecular flexibility index (Phi) is 4.49. The van der Waals surface area contributed by atoms with Gasteiger partial charge in [0.1, 0.15) is 0 Å². The van der Waals surface area contributed by atoms with Crippen molar-refractivity contribution in [2.24, 2.45) is 0 Å². The van der Waals surface area contributed by atoms with E-state index in [-0.39, 0.29) is 5.56 Å². The molecule has 1 aromatic carbocycles. The van der Waals surface area contributed by atoms with Gasteiger partial charge in [-0.2, -0.15) is 16.8 Å². The van der Waals surface area contributed by atoms with E-state index < -0.39 is 30.9 Å². The van der Waals surface area contributed by atoms with Crippen molar-refractivity contribution in [3.05, 3.63) is 35.9 Å². The van der Waals surface area contributed by atoms with Gasteiger partial charge in [0.2, 0.25) is 4.58 Å². The molecule has 0 saturated heterocycles. The maximum atomic E-state index is 11.8. The fourth-order valence-electron chi connectivity index (χ4n) is 1.42. The summed E-state index contributed by atoms with van der Waals surface area (Å²) in [6.07, 6.45) is -0.719. The summed E-state index contributed by atoms with van der Waals surface area (Å²) in [5.74, 6) is 0. The zero-order valence-corrected chi connectivity index (χ0v) is 11.5. The third kappa shape index (κ3) is 3.77. The van der Waals surface area contributed by atoms with Crippen LogP contribution in [0.4, 0.5) is 0 Å². The van der Waals surface area contributed by atoms with Gasteiger partial charge < -0.3 is 0 Å². The Hall–Kier alpha value is -0.960. The molecule has 1 atom stereocenters. The van der Waals surface area contributed by atoms with Gasteiger partial charge in [-0.1, -0.05) is 30.3 Å². The van der Waals surface area contributed by atoms with E-state index in [2.05, 4.69) is 4.18 Å². The molecular formula is C10H14O6S2. The van der Waals surface area contributed by atoms with E-state index in [4.69, 9.17) is 4.55 Å². The molecule has 1 N–H and O–H groups in total. The minimum Gasteiger partial charge on any atom is -0.284 e. The van der Waals surface area contributed by atoms with Crippen LogP contribution in [0.2, 0.25) is 0 Å². The van der Waals surface area contributed by atoms with E-state index >= 15 is 0 Å². The molecule has 0 amide bonds. The summed E-state index contributed by atoms with van der Waals surface area (Å²) in [6.45, 7) is 2.90. The quantitative estimate of drug-likeness (QED) is 0.650. The van der Waals surface area contributed by atoms with Crippen molar-refractivity contribution >= 4 is 20.2 Å². The number of benzene rings is 1. The molecule has 8 heteroatoms. The van der Waals surface area contributed by atoms with Crippen molar-refractivity contribution < 1.29 is 25.6 Å². The molecule has 0 aromatic heterocycles. The Morgan fingerprint density at radius 3 is 1.94 bits per heavy atom. The third-order valence-corrected chi connectivity index (χ3v) is 5.63. The predicted molar refractivity (Wildman–Crippen MR) is 65.9 cm³/mol. The number of rotatable bonds is 5. The van der Waals surface area contributed by atoms with Crippen molar-refractivity contribution in [3.8, 4) is 0 Å². The average molecular weight is 294 g/mol. The van der Waals surface area contributed by atoms with Crippen LogP contribution in [-0.4, -0.2) is 27.5 Å². The second-order valence-corrected chi connectivity index (χ2v) is 7.34. The van der Waals surface area contributed by atoms with Crippen LogP contribution in [0.3, 0.4) is 0 Å². The Morgan fingerprint density at radius 1 is 1.06 bits per heavy atom. The summed E-state index contributed by atoms with van der Waals surface area (Å²) in [7, 11) is -9.30. The van der Waals surface area contributed by atoms with Crippen LogP contribution in [0.15, 0.2) is 30.3 Å². The van der Waals surface area contributed by atoms with Crippen LogP contribution in [0, 0.1) is 0 Å². The van der Waals surface area contributed by atoms with Crippen molar-refractivity contribution in [2.45, 2.75) is 24.5 Å². The van der Waals surface area contributed by atoms with Gasteiger partial charge in [0.25, 0.3) is 20.2 Å². The van der Waals surface area contributed by atoms with Gasteiger partial charge in [0, 0.05) is 0 Å². The Labute approximate surface area is 106 Å². The van der Waals surface area contributed by atoms with Crippen LogP contribution >= 0.6 is 0 Å². The van der Waals surface area contributed by atoms with Crippen LogP contribution in [-0.2, 0) is 24.4 Å². The summed E-state index contributed by atoms with van der Waals surface area (Å²) in [5, 5.41) is 0. The molecule has 0 aliphatic carbocycles. The smallest absolute Gasteiger partial charge is 0.284 e. The molecule has 0 saturated carbocycles. The van der Waals surface area contributed by atoms with Gasteiger partial charge in [-0.05, 0) is 19.4 Å². The lowest BCUT2D eigenvalue weighted by molar-refractivity contribution is 0.247. The topological polar surface area (TPSA) is 97.7 Å². The highest BCUT2D eigenvalue weighted by atomic mass is 32.3. The van der Waals surface area contributed by atoms with Crippen LogP contribution in [0.25, 0.3) is 0 Å². The monoisotopic (exact) mass is 294 g/mol. The summed E-state index contributed by atoms with van der Waals surface area (Å²) in [5.41, 5.74) is -0.0688. The van der Waals surface area contributed by atoms with Gasteiger partial charge >= 0.3 is 0 Å². The lowest BCUT2D eigenvalue weighted by atomic mass is 10.2. The summed E-state index contributed by atoms with van der Waals surface area (Å²) in [6, 6.07) is 7.12. The standard InChI is InChI=1S/C10H14O6S2/c1-8(2)16-18(14,15)10(17(11,12)13)9-6-4-3-5-7-9/h3-8,10H,1-2H3,(H,11,12,13). The second-order valence-electron chi connectivity index (χ2n) is 3.90. The fraction of sp³-hybridized carbons (Fsp3) is 0.400. The molecule has 0 aliphatic heterocycles. The number of hydrogen-bond donors (Lipinski definition) is 1. The number of hydrogen-bond acceptors (Lipinski definition) is 5. The SMILES string of the molecule is CC(C)OS(=O)(=O)C(c1ccccc1)S(=O)(=O)O. The molecule has 18 heavy (non-hydrogen) atoms. The maximum absolute atomic E-state index is 11.8. The van der Waals surface area contributed by atoms with Gasteiger partial charge in [0.15, 0.2) is 0 Å². The van der Waals surface area contributed by atoms with E-state index in [0.717, 1.165) is 0 Å². The largest absolute Gasteiger partial charge is 0.291 e. The Morgan fingerprint density at radius 2 is 1.56 bits per heavy atom. The molecule has 0 fully saturated rings. The van der Waals surface area contributed by atoms with Crippen molar-refractivity contribution in [1.82, 2.24) is 0 Å². The van der Waals surface area contributed by atoms with Gasteiger partial charge in [-0.3, -0.25) is 8.74 Å². The highest BCUT2D eigenvalue weighted by Gasteiger charge is 2.39. The van der Waals surface area contributed by atoms with Gasteiger partial charge in [0.05, 0.1) is 6.10 Å².